The van der Waals surface area contributed by atoms with E-state index in [0.29, 0.717) is 46.9 Å². The zero-order chi connectivity index (χ0) is 25.3. The van der Waals surface area contributed by atoms with Gasteiger partial charge in [0.05, 0.1) is 23.3 Å². The second-order valence-corrected chi connectivity index (χ2v) is 11.5. The number of piperidine rings is 1. The number of hydrogen-bond acceptors (Lipinski definition) is 7. The molecular weight excluding hydrogens is 476 g/mol. The van der Waals surface area contributed by atoms with Crippen molar-refractivity contribution in [2.24, 2.45) is 5.92 Å². The maximum Gasteiger partial charge on any atom is 0.243 e. The quantitative estimate of drug-likeness (QED) is 0.482. The highest BCUT2D eigenvalue weighted by Crippen LogP contribution is 2.34. The van der Waals surface area contributed by atoms with Crippen LogP contribution in [0.1, 0.15) is 36.6 Å². The number of ether oxygens (including phenoxy) is 2. The van der Waals surface area contributed by atoms with Crippen LogP contribution in [0.15, 0.2) is 53.4 Å². The first-order valence-electron chi connectivity index (χ1n) is 12.4. The van der Waals surface area contributed by atoms with Crippen molar-refractivity contribution in [3.8, 4) is 17.4 Å². The van der Waals surface area contributed by atoms with E-state index >= 15 is 0 Å². The summed E-state index contributed by atoms with van der Waals surface area (Å²) in [5.74, 6) is 3.08. The van der Waals surface area contributed by atoms with Gasteiger partial charge in [0.1, 0.15) is 11.5 Å². The molecule has 2 aliphatic heterocycles. The Bertz CT molecular complexity index is 1340. The monoisotopic (exact) mass is 508 g/mol. The Kier molecular flexibility index (Phi) is 6.85. The molecule has 36 heavy (non-hydrogen) atoms. The van der Waals surface area contributed by atoms with Gasteiger partial charge < -0.3 is 14.4 Å². The molecule has 0 saturated carbocycles. The van der Waals surface area contributed by atoms with Crippen LogP contribution < -0.4 is 14.4 Å². The van der Waals surface area contributed by atoms with Gasteiger partial charge in [-0.3, -0.25) is 0 Å². The van der Waals surface area contributed by atoms with Gasteiger partial charge in [0.2, 0.25) is 21.9 Å². The van der Waals surface area contributed by atoms with Crippen molar-refractivity contribution in [2.75, 3.05) is 31.6 Å². The van der Waals surface area contributed by atoms with Gasteiger partial charge in [-0.15, -0.1) is 0 Å². The predicted octanol–water partition coefficient (Wildman–Crippen LogP) is 4.57. The number of aryl methyl sites for hydroxylation is 1. The molecule has 1 fully saturated rings. The van der Waals surface area contributed by atoms with Gasteiger partial charge in [0.25, 0.3) is 0 Å². The molecule has 1 saturated heterocycles. The van der Waals surface area contributed by atoms with Crippen molar-refractivity contribution in [1.82, 2.24) is 14.3 Å². The lowest BCUT2D eigenvalue weighted by molar-refractivity contribution is 0.367. The van der Waals surface area contributed by atoms with E-state index in [2.05, 4.69) is 11.8 Å². The average molecular weight is 509 g/mol. The summed E-state index contributed by atoms with van der Waals surface area (Å²) in [5, 5.41) is 0. The number of rotatable bonds is 6. The average Bonchev–Trinajstić information content (AvgIpc) is 2.89. The number of fused-ring (bicyclic) bond motifs is 1. The smallest absolute Gasteiger partial charge is 0.243 e. The fourth-order valence-electron chi connectivity index (χ4n) is 4.67. The number of aromatic nitrogens is 2. The second-order valence-electron chi connectivity index (χ2n) is 9.61. The largest absolute Gasteiger partial charge is 0.497 e. The molecule has 0 N–H and O–H groups in total. The second kappa shape index (κ2) is 10.1. The summed E-state index contributed by atoms with van der Waals surface area (Å²) < 4.78 is 39.9. The summed E-state index contributed by atoms with van der Waals surface area (Å²) in [6.45, 7) is 6.48. The highest BCUT2D eigenvalue weighted by atomic mass is 32.2. The Morgan fingerprint density at radius 2 is 1.69 bits per heavy atom. The third kappa shape index (κ3) is 5.03. The predicted molar refractivity (Wildman–Crippen MR) is 138 cm³/mol. The summed E-state index contributed by atoms with van der Waals surface area (Å²) in [7, 11) is -2.05. The molecule has 0 atom stereocenters. The molecule has 190 valence electrons. The van der Waals surface area contributed by atoms with Gasteiger partial charge in [-0.1, -0.05) is 19.1 Å². The van der Waals surface area contributed by atoms with Crippen molar-refractivity contribution in [3.05, 3.63) is 65.4 Å². The molecule has 0 bridgehead atoms. The molecule has 1 aromatic heterocycles. The van der Waals surface area contributed by atoms with E-state index in [1.807, 2.05) is 37.3 Å². The highest BCUT2D eigenvalue weighted by Gasteiger charge is 2.33. The van der Waals surface area contributed by atoms with Crippen LogP contribution in [0.5, 0.6) is 17.4 Å². The van der Waals surface area contributed by atoms with E-state index in [9.17, 15) is 8.42 Å². The molecule has 2 aliphatic rings. The number of nitrogens with zero attached hydrogens (tertiary/aromatic N) is 4. The fourth-order valence-corrected chi connectivity index (χ4v) is 6.18. The van der Waals surface area contributed by atoms with Crippen molar-refractivity contribution < 1.29 is 17.9 Å². The standard InChI is InChI=1S/C27H32N4O4S/c1-19-11-14-30(15-12-19)27-28-25-13-16-31(36(32,33)23-6-4-5-20(2)17-23)18-24(25)26(29-27)35-22-9-7-21(34-3)8-10-22/h4-10,17,19H,11-16,18H2,1-3H3. The molecule has 5 rings (SSSR count). The molecule has 3 heterocycles. The van der Waals surface area contributed by atoms with E-state index in [1.165, 1.54) is 4.31 Å². The van der Waals surface area contributed by atoms with E-state index in [-0.39, 0.29) is 6.54 Å². The minimum Gasteiger partial charge on any atom is -0.497 e. The lowest BCUT2D eigenvalue weighted by Gasteiger charge is -2.33. The normalized spacial score (nSPS) is 17.0. The van der Waals surface area contributed by atoms with Gasteiger partial charge in [0.15, 0.2) is 0 Å². The molecule has 0 unspecified atom stereocenters. The van der Waals surface area contributed by atoms with E-state index in [0.717, 1.165) is 42.9 Å². The summed E-state index contributed by atoms with van der Waals surface area (Å²) in [5.41, 5.74) is 2.46. The highest BCUT2D eigenvalue weighted by molar-refractivity contribution is 7.89. The van der Waals surface area contributed by atoms with Crippen molar-refractivity contribution in [2.45, 2.75) is 44.6 Å². The first-order chi connectivity index (χ1) is 17.3. The van der Waals surface area contributed by atoms with Crippen LogP contribution in [-0.4, -0.2) is 49.4 Å². The summed E-state index contributed by atoms with van der Waals surface area (Å²) in [6, 6.07) is 14.3. The molecule has 0 spiro atoms. The number of hydrogen-bond donors (Lipinski definition) is 0. The third-order valence-corrected chi connectivity index (χ3v) is 8.78. The van der Waals surface area contributed by atoms with E-state index in [4.69, 9.17) is 19.4 Å². The van der Waals surface area contributed by atoms with Crippen molar-refractivity contribution >= 4 is 16.0 Å². The molecule has 8 nitrogen and oxygen atoms in total. The Morgan fingerprint density at radius 3 is 2.39 bits per heavy atom. The van der Waals surface area contributed by atoms with E-state index < -0.39 is 10.0 Å². The number of sulfonamides is 1. The van der Waals surface area contributed by atoms with Crippen LogP contribution in [0, 0.1) is 12.8 Å². The van der Waals surface area contributed by atoms with Crippen LogP contribution in [-0.2, 0) is 23.0 Å². The first-order valence-corrected chi connectivity index (χ1v) is 13.8. The van der Waals surface area contributed by atoms with Gasteiger partial charge in [0, 0.05) is 32.6 Å². The van der Waals surface area contributed by atoms with Crippen LogP contribution in [0.3, 0.4) is 0 Å². The lowest BCUT2D eigenvalue weighted by atomic mass is 9.99. The topological polar surface area (TPSA) is 84.9 Å². The van der Waals surface area contributed by atoms with Crippen molar-refractivity contribution in [1.29, 1.82) is 0 Å². The zero-order valence-electron chi connectivity index (χ0n) is 21.0. The summed E-state index contributed by atoms with van der Waals surface area (Å²) in [6.07, 6.45) is 2.69. The third-order valence-electron chi connectivity index (χ3n) is 6.94. The SMILES string of the molecule is COc1ccc(Oc2nc(N3CCC(C)CC3)nc3c2CN(S(=O)(=O)c2cccc(C)c2)CC3)cc1. The summed E-state index contributed by atoms with van der Waals surface area (Å²) in [4.78, 5) is 12.2. The van der Waals surface area contributed by atoms with Crippen LogP contribution in [0.25, 0.3) is 0 Å². The Hall–Kier alpha value is -3.17. The number of anilines is 1. The Morgan fingerprint density at radius 1 is 0.972 bits per heavy atom. The Labute approximate surface area is 212 Å². The van der Waals surface area contributed by atoms with Gasteiger partial charge in [-0.05, 0) is 67.6 Å². The molecule has 0 aliphatic carbocycles. The van der Waals surface area contributed by atoms with E-state index in [1.54, 1.807) is 25.3 Å². The summed E-state index contributed by atoms with van der Waals surface area (Å²) >= 11 is 0. The van der Waals surface area contributed by atoms with Gasteiger partial charge in [-0.2, -0.15) is 9.29 Å². The van der Waals surface area contributed by atoms with Gasteiger partial charge in [-0.25, -0.2) is 13.4 Å². The van der Waals surface area contributed by atoms with Crippen LogP contribution >= 0.6 is 0 Å². The van der Waals surface area contributed by atoms with Crippen molar-refractivity contribution in [3.63, 3.8) is 0 Å². The molecule has 2 aromatic carbocycles. The molecule has 9 heteroatoms. The lowest BCUT2D eigenvalue weighted by Crippen LogP contribution is -2.38. The minimum absolute atomic E-state index is 0.161. The maximum atomic E-state index is 13.5. The zero-order valence-corrected chi connectivity index (χ0v) is 21.8. The van der Waals surface area contributed by atoms with Crippen LogP contribution in [0.4, 0.5) is 5.95 Å². The number of benzene rings is 2. The first kappa shape index (κ1) is 24.5. The molecule has 0 amide bonds. The van der Waals surface area contributed by atoms with Crippen LogP contribution in [0.2, 0.25) is 0 Å². The molecular formula is C27H32N4O4S. The number of methoxy groups -OCH3 is 1. The Balaban J connectivity index is 1.50. The maximum absolute atomic E-state index is 13.5. The minimum atomic E-state index is -3.67. The fraction of sp³-hybridized carbons (Fsp3) is 0.407. The molecule has 0 radical (unpaired) electrons. The molecule has 3 aromatic rings. The van der Waals surface area contributed by atoms with Gasteiger partial charge >= 0.3 is 0 Å².